The summed E-state index contributed by atoms with van der Waals surface area (Å²) in [5.74, 6) is 0.412. The zero-order chi connectivity index (χ0) is 14.8. The molecule has 0 heterocycles. The average Bonchev–Trinajstić information content (AvgIpc) is 2.44. The Hall–Kier alpha value is -0.830. The summed E-state index contributed by atoms with van der Waals surface area (Å²) in [6, 6.07) is 4.63. The van der Waals surface area contributed by atoms with Gasteiger partial charge in [0.1, 0.15) is 11.5 Å². The van der Waals surface area contributed by atoms with Gasteiger partial charge in [-0.05, 0) is 24.6 Å². The van der Waals surface area contributed by atoms with E-state index in [9.17, 15) is 10.2 Å². The summed E-state index contributed by atoms with van der Waals surface area (Å²) in [6.07, 6.45) is 11.3. The Bertz CT molecular complexity index is 379. The molecule has 0 saturated carbocycles. The standard InChI is InChI=1S/C17H28O2S/c1-2-3-4-5-6-7-8-9-10-17(20)15-13-14(18)11-12-16(15)19/h11-13,17-20H,2-10H2,1H3. The van der Waals surface area contributed by atoms with Gasteiger partial charge in [-0.3, -0.25) is 0 Å². The molecule has 2 N–H and O–H groups in total. The van der Waals surface area contributed by atoms with Crippen molar-refractivity contribution in [3.8, 4) is 11.5 Å². The Kier molecular flexibility index (Phi) is 8.59. The van der Waals surface area contributed by atoms with Gasteiger partial charge in [0.2, 0.25) is 0 Å². The Morgan fingerprint density at radius 1 is 0.950 bits per heavy atom. The van der Waals surface area contributed by atoms with Crippen molar-refractivity contribution in [1.29, 1.82) is 0 Å². The summed E-state index contributed by atoms with van der Waals surface area (Å²) < 4.78 is 0. The van der Waals surface area contributed by atoms with Crippen LogP contribution in [0.15, 0.2) is 18.2 Å². The van der Waals surface area contributed by atoms with Gasteiger partial charge >= 0.3 is 0 Å². The number of aromatic hydroxyl groups is 2. The second kappa shape index (κ2) is 9.98. The molecule has 0 amide bonds. The lowest BCUT2D eigenvalue weighted by molar-refractivity contribution is 0.452. The molecule has 1 rings (SSSR count). The molecule has 20 heavy (non-hydrogen) atoms. The fourth-order valence-electron chi connectivity index (χ4n) is 2.44. The fraction of sp³-hybridized carbons (Fsp3) is 0.647. The zero-order valence-electron chi connectivity index (χ0n) is 12.5. The van der Waals surface area contributed by atoms with Crippen LogP contribution in [0.2, 0.25) is 0 Å². The van der Waals surface area contributed by atoms with Gasteiger partial charge in [0.25, 0.3) is 0 Å². The molecule has 0 radical (unpaired) electrons. The second-order valence-corrected chi connectivity index (χ2v) is 6.15. The quantitative estimate of drug-likeness (QED) is 0.299. The van der Waals surface area contributed by atoms with Crippen LogP contribution in [-0.4, -0.2) is 10.2 Å². The molecule has 1 unspecified atom stereocenters. The first kappa shape index (κ1) is 17.2. The van der Waals surface area contributed by atoms with Crippen LogP contribution in [0.25, 0.3) is 0 Å². The number of phenols is 2. The van der Waals surface area contributed by atoms with Gasteiger partial charge in [-0.2, -0.15) is 12.6 Å². The average molecular weight is 296 g/mol. The zero-order valence-corrected chi connectivity index (χ0v) is 13.4. The van der Waals surface area contributed by atoms with E-state index < -0.39 is 0 Å². The molecule has 0 bridgehead atoms. The van der Waals surface area contributed by atoms with Crippen molar-refractivity contribution in [2.24, 2.45) is 0 Å². The van der Waals surface area contributed by atoms with E-state index in [1.165, 1.54) is 57.1 Å². The van der Waals surface area contributed by atoms with Crippen molar-refractivity contribution in [2.75, 3.05) is 0 Å². The van der Waals surface area contributed by atoms with Gasteiger partial charge in [-0.15, -0.1) is 0 Å². The summed E-state index contributed by atoms with van der Waals surface area (Å²) >= 11 is 4.54. The first-order valence-electron chi connectivity index (χ1n) is 7.85. The minimum atomic E-state index is 0.00203. The molecule has 1 aromatic carbocycles. The van der Waals surface area contributed by atoms with Crippen LogP contribution in [0.3, 0.4) is 0 Å². The molecular weight excluding hydrogens is 268 g/mol. The Morgan fingerprint density at radius 2 is 1.55 bits per heavy atom. The van der Waals surface area contributed by atoms with Gasteiger partial charge in [0, 0.05) is 10.8 Å². The second-order valence-electron chi connectivity index (χ2n) is 5.52. The van der Waals surface area contributed by atoms with E-state index in [1.54, 1.807) is 6.07 Å². The number of hydrogen-bond acceptors (Lipinski definition) is 3. The molecule has 2 nitrogen and oxygen atoms in total. The van der Waals surface area contributed by atoms with E-state index in [0.717, 1.165) is 18.4 Å². The molecule has 0 fully saturated rings. The fourth-order valence-corrected chi connectivity index (χ4v) is 2.83. The van der Waals surface area contributed by atoms with E-state index in [1.807, 2.05) is 0 Å². The first-order valence-corrected chi connectivity index (χ1v) is 8.36. The number of rotatable bonds is 10. The molecule has 0 spiro atoms. The lowest BCUT2D eigenvalue weighted by atomic mass is 10.0. The molecule has 0 aliphatic heterocycles. The largest absolute Gasteiger partial charge is 0.508 e. The first-order chi connectivity index (χ1) is 9.65. The molecule has 114 valence electrons. The SMILES string of the molecule is CCCCCCCCCCC(S)c1cc(O)ccc1O. The lowest BCUT2D eigenvalue weighted by Crippen LogP contribution is -1.92. The van der Waals surface area contributed by atoms with Crippen LogP contribution in [-0.2, 0) is 0 Å². The third-order valence-corrected chi connectivity index (χ3v) is 4.24. The van der Waals surface area contributed by atoms with Crippen LogP contribution in [0.4, 0.5) is 0 Å². The molecular formula is C17H28O2S. The Balaban J connectivity index is 2.17. The number of thiol groups is 1. The Labute approximate surface area is 128 Å². The van der Waals surface area contributed by atoms with Crippen molar-refractivity contribution in [2.45, 2.75) is 70.0 Å². The summed E-state index contributed by atoms with van der Waals surface area (Å²) in [5, 5.41) is 19.2. The third kappa shape index (κ3) is 6.56. The minimum Gasteiger partial charge on any atom is -0.508 e. The van der Waals surface area contributed by atoms with Crippen molar-refractivity contribution >= 4 is 12.6 Å². The predicted molar refractivity (Wildman–Crippen MR) is 88.7 cm³/mol. The number of benzene rings is 1. The van der Waals surface area contributed by atoms with Crippen LogP contribution in [0, 0.1) is 0 Å². The molecule has 1 aromatic rings. The maximum absolute atomic E-state index is 9.77. The molecule has 0 aliphatic rings. The van der Waals surface area contributed by atoms with Crippen molar-refractivity contribution in [3.63, 3.8) is 0 Å². The van der Waals surface area contributed by atoms with Crippen molar-refractivity contribution in [1.82, 2.24) is 0 Å². The summed E-state index contributed by atoms with van der Waals surface area (Å²) in [7, 11) is 0. The Morgan fingerprint density at radius 3 is 2.20 bits per heavy atom. The summed E-state index contributed by atoms with van der Waals surface area (Å²) in [6.45, 7) is 2.24. The summed E-state index contributed by atoms with van der Waals surface area (Å²) in [5.41, 5.74) is 0.733. The minimum absolute atomic E-state index is 0.00203. The smallest absolute Gasteiger partial charge is 0.120 e. The maximum Gasteiger partial charge on any atom is 0.120 e. The van der Waals surface area contributed by atoms with E-state index in [0.29, 0.717) is 0 Å². The number of hydrogen-bond donors (Lipinski definition) is 3. The number of unbranched alkanes of at least 4 members (excludes halogenated alkanes) is 7. The van der Waals surface area contributed by atoms with Crippen molar-refractivity contribution in [3.05, 3.63) is 23.8 Å². The summed E-state index contributed by atoms with van der Waals surface area (Å²) in [4.78, 5) is 0. The van der Waals surface area contributed by atoms with Crippen LogP contribution < -0.4 is 0 Å². The van der Waals surface area contributed by atoms with E-state index in [2.05, 4.69) is 19.6 Å². The van der Waals surface area contributed by atoms with Gasteiger partial charge in [-0.25, -0.2) is 0 Å². The van der Waals surface area contributed by atoms with Crippen LogP contribution in [0.1, 0.15) is 75.5 Å². The highest BCUT2D eigenvalue weighted by Gasteiger charge is 2.11. The molecule has 0 saturated heterocycles. The third-order valence-electron chi connectivity index (χ3n) is 3.70. The predicted octanol–water partition coefficient (Wildman–Crippen LogP) is 5.60. The highest BCUT2D eigenvalue weighted by molar-refractivity contribution is 7.80. The monoisotopic (exact) mass is 296 g/mol. The van der Waals surface area contributed by atoms with Gasteiger partial charge < -0.3 is 10.2 Å². The highest BCUT2D eigenvalue weighted by Crippen LogP contribution is 2.34. The molecule has 1 atom stereocenters. The van der Waals surface area contributed by atoms with Gasteiger partial charge in [-0.1, -0.05) is 58.3 Å². The molecule has 0 aliphatic carbocycles. The highest BCUT2D eigenvalue weighted by atomic mass is 32.1. The molecule has 3 heteroatoms. The van der Waals surface area contributed by atoms with Gasteiger partial charge in [0.15, 0.2) is 0 Å². The molecule has 0 aromatic heterocycles. The maximum atomic E-state index is 9.77. The normalized spacial score (nSPS) is 12.5. The topological polar surface area (TPSA) is 40.5 Å². The lowest BCUT2D eigenvalue weighted by Gasteiger charge is -2.13. The van der Waals surface area contributed by atoms with Gasteiger partial charge in [0.05, 0.1) is 0 Å². The van der Waals surface area contributed by atoms with Crippen LogP contribution in [0.5, 0.6) is 11.5 Å². The van der Waals surface area contributed by atoms with E-state index >= 15 is 0 Å². The van der Waals surface area contributed by atoms with Crippen LogP contribution >= 0.6 is 12.6 Å². The van der Waals surface area contributed by atoms with Crippen molar-refractivity contribution < 1.29 is 10.2 Å². The van der Waals surface area contributed by atoms with E-state index in [-0.39, 0.29) is 16.7 Å². The van der Waals surface area contributed by atoms with E-state index in [4.69, 9.17) is 0 Å². The number of phenolic OH excluding ortho intramolecular Hbond substituents is 2.